The predicted octanol–water partition coefficient (Wildman–Crippen LogP) is 3.48. The zero-order valence-electron chi connectivity index (χ0n) is 14.2. The number of carboxylic acid groups (broad SMARTS) is 1. The average Bonchev–Trinajstić information content (AvgIpc) is 3.41. The van der Waals surface area contributed by atoms with Crippen LogP contribution < -0.4 is 0 Å². The van der Waals surface area contributed by atoms with Gasteiger partial charge in [0.15, 0.2) is 0 Å². The molecule has 0 spiro atoms. The van der Waals surface area contributed by atoms with Gasteiger partial charge in [0.05, 0.1) is 10.5 Å². The van der Waals surface area contributed by atoms with Crippen molar-refractivity contribution >= 4 is 17.6 Å². The molecule has 3 rings (SSSR count). The fraction of sp³-hybridized carbons (Fsp3) is 0.556. The van der Waals surface area contributed by atoms with Crippen molar-refractivity contribution in [2.24, 2.45) is 5.92 Å². The summed E-state index contributed by atoms with van der Waals surface area (Å²) in [5, 5.41) is 20.3. The highest BCUT2D eigenvalue weighted by atomic mass is 16.6. The Morgan fingerprint density at radius 3 is 2.04 bits per heavy atom. The van der Waals surface area contributed by atoms with Crippen LogP contribution in [0.2, 0.25) is 0 Å². The minimum Gasteiger partial charge on any atom is -0.478 e. The average molecular weight is 346 g/mol. The van der Waals surface area contributed by atoms with Crippen LogP contribution in [0.3, 0.4) is 0 Å². The Kier molecular flexibility index (Phi) is 4.74. The van der Waals surface area contributed by atoms with Crippen LogP contribution in [-0.2, 0) is 0 Å². The van der Waals surface area contributed by atoms with E-state index in [1.54, 1.807) is 0 Å². The molecule has 0 aliphatic heterocycles. The highest BCUT2D eigenvalue weighted by Crippen LogP contribution is 2.36. The molecule has 7 heteroatoms. The van der Waals surface area contributed by atoms with E-state index in [1.807, 2.05) is 4.90 Å². The van der Waals surface area contributed by atoms with Crippen molar-refractivity contribution in [3.8, 4) is 0 Å². The van der Waals surface area contributed by atoms with Crippen LogP contribution in [-0.4, -0.2) is 38.9 Å². The van der Waals surface area contributed by atoms with E-state index in [0.29, 0.717) is 5.92 Å². The van der Waals surface area contributed by atoms with Crippen molar-refractivity contribution in [2.75, 3.05) is 0 Å². The van der Waals surface area contributed by atoms with Crippen molar-refractivity contribution in [3.63, 3.8) is 0 Å². The summed E-state index contributed by atoms with van der Waals surface area (Å²) < 4.78 is 0. The van der Waals surface area contributed by atoms with Crippen molar-refractivity contribution in [1.82, 2.24) is 4.90 Å². The van der Waals surface area contributed by atoms with E-state index in [4.69, 9.17) is 0 Å². The number of nitrogens with zero attached hydrogens (tertiary/aromatic N) is 2. The Morgan fingerprint density at radius 1 is 1.04 bits per heavy atom. The second-order valence-corrected chi connectivity index (χ2v) is 7.19. The van der Waals surface area contributed by atoms with Crippen LogP contribution in [0.25, 0.3) is 0 Å². The van der Waals surface area contributed by atoms with Gasteiger partial charge in [0.25, 0.3) is 11.6 Å². The van der Waals surface area contributed by atoms with Crippen molar-refractivity contribution < 1.29 is 19.6 Å². The third-order valence-electron chi connectivity index (χ3n) is 5.18. The SMILES string of the molecule is CC1CCC(N(C(=O)c2cc(C(=O)O)cc([N+](=O)[O-])c2)C2CC2)CC1. The van der Waals surface area contributed by atoms with Gasteiger partial charge in [0.1, 0.15) is 0 Å². The molecule has 134 valence electrons. The van der Waals surface area contributed by atoms with Crippen LogP contribution in [0, 0.1) is 16.0 Å². The molecule has 0 radical (unpaired) electrons. The van der Waals surface area contributed by atoms with E-state index in [9.17, 15) is 24.8 Å². The molecular formula is C18H22N2O5. The monoisotopic (exact) mass is 346 g/mol. The maximum atomic E-state index is 13.1. The molecule has 2 aliphatic rings. The van der Waals surface area contributed by atoms with E-state index >= 15 is 0 Å². The fourth-order valence-electron chi connectivity index (χ4n) is 3.62. The molecule has 0 saturated heterocycles. The van der Waals surface area contributed by atoms with Gasteiger partial charge in [0.2, 0.25) is 0 Å². The minimum atomic E-state index is -1.28. The first-order valence-corrected chi connectivity index (χ1v) is 8.72. The highest BCUT2D eigenvalue weighted by Gasteiger charge is 2.39. The number of non-ortho nitro benzene ring substituents is 1. The van der Waals surface area contributed by atoms with Crippen molar-refractivity contribution in [3.05, 3.63) is 39.4 Å². The van der Waals surface area contributed by atoms with Gasteiger partial charge in [-0.2, -0.15) is 0 Å². The molecule has 1 aromatic rings. The Morgan fingerprint density at radius 2 is 1.56 bits per heavy atom. The molecule has 0 atom stereocenters. The Bertz CT molecular complexity index is 673. The maximum Gasteiger partial charge on any atom is 0.335 e. The molecule has 0 unspecified atom stereocenters. The lowest BCUT2D eigenvalue weighted by atomic mass is 9.86. The van der Waals surface area contributed by atoms with E-state index in [2.05, 4.69) is 6.92 Å². The van der Waals surface area contributed by atoms with Gasteiger partial charge in [0, 0.05) is 29.8 Å². The summed E-state index contributed by atoms with van der Waals surface area (Å²) in [7, 11) is 0. The lowest BCUT2D eigenvalue weighted by molar-refractivity contribution is -0.384. The second-order valence-electron chi connectivity index (χ2n) is 7.19. The van der Waals surface area contributed by atoms with Gasteiger partial charge in [-0.25, -0.2) is 4.79 Å². The smallest absolute Gasteiger partial charge is 0.335 e. The summed E-state index contributed by atoms with van der Waals surface area (Å²) in [6.45, 7) is 2.21. The van der Waals surface area contributed by atoms with Crippen LogP contribution in [0.4, 0.5) is 5.69 Å². The van der Waals surface area contributed by atoms with E-state index in [0.717, 1.165) is 44.6 Å². The fourth-order valence-corrected chi connectivity index (χ4v) is 3.62. The van der Waals surface area contributed by atoms with Gasteiger partial charge in [-0.05, 0) is 50.5 Å². The first kappa shape index (κ1) is 17.4. The quantitative estimate of drug-likeness (QED) is 0.650. The highest BCUT2D eigenvalue weighted by molar-refractivity contribution is 5.99. The standard InChI is InChI=1S/C18H22N2O5/c1-11-2-4-14(5-3-11)19(15-6-7-15)17(21)12-8-13(18(22)23)10-16(9-12)20(24)25/h8-11,14-15H,2-7H2,1H3,(H,22,23). The number of benzene rings is 1. The summed E-state index contributed by atoms with van der Waals surface area (Å²) in [6, 6.07) is 3.75. The van der Waals surface area contributed by atoms with Crippen LogP contribution >= 0.6 is 0 Å². The number of aromatic carboxylic acids is 1. The zero-order valence-corrected chi connectivity index (χ0v) is 14.2. The van der Waals surface area contributed by atoms with Gasteiger partial charge in [-0.15, -0.1) is 0 Å². The van der Waals surface area contributed by atoms with Gasteiger partial charge < -0.3 is 10.0 Å². The van der Waals surface area contributed by atoms with E-state index in [-0.39, 0.29) is 34.8 Å². The lowest BCUT2D eigenvalue weighted by Gasteiger charge is -2.36. The van der Waals surface area contributed by atoms with Crippen LogP contribution in [0.5, 0.6) is 0 Å². The third-order valence-corrected chi connectivity index (χ3v) is 5.18. The number of hydrogen-bond acceptors (Lipinski definition) is 4. The van der Waals surface area contributed by atoms with Crippen molar-refractivity contribution in [2.45, 2.75) is 57.5 Å². The third kappa shape index (κ3) is 3.81. The van der Waals surface area contributed by atoms with E-state index < -0.39 is 10.9 Å². The molecule has 0 aromatic heterocycles. The largest absolute Gasteiger partial charge is 0.478 e. The molecule has 25 heavy (non-hydrogen) atoms. The number of carboxylic acids is 1. The summed E-state index contributed by atoms with van der Waals surface area (Å²) in [6.07, 6.45) is 5.89. The Balaban J connectivity index is 1.91. The minimum absolute atomic E-state index is 0.0946. The molecule has 1 amide bonds. The number of hydrogen-bond donors (Lipinski definition) is 1. The molecule has 2 fully saturated rings. The van der Waals surface area contributed by atoms with Gasteiger partial charge in [-0.3, -0.25) is 14.9 Å². The summed E-state index contributed by atoms with van der Waals surface area (Å²) in [4.78, 5) is 36.6. The zero-order chi connectivity index (χ0) is 18.1. The molecule has 0 heterocycles. The number of carbonyl (C=O) groups excluding carboxylic acids is 1. The number of nitro groups is 1. The number of carbonyl (C=O) groups is 2. The number of nitro benzene ring substituents is 1. The second kappa shape index (κ2) is 6.82. The number of rotatable bonds is 5. The molecular weight excluding hydrogens is 324 g/mol. The Hall–Kier alpha value is -2.44. The van der Waals surface area contributed by atoms with Gasteiger partial charge >= 0.3 is 5.97 Å². The lowest BCUT2D eigenvalue weighted by Crippen LogP contribution is -2.43. The molecule has 2 saturated carbocycles. The topological polar surface area (TPSA) is 101 Å². The van der Waals surface area contributed by atoms with Crippen LogP contribution in [0.15, 0.2) is 18.2 Å². The summed E-state index contributed by atoms with van der Waals surface area (Å²) >= 11 is 0. The molecule has 2 aliphatic carbocycles. The molecule has 7 nitrogen and oxygen atoms in total. The number of amides is 1. The van der Waals surface area contributed by atoms with E-state index in [1.165, 1.54) is 12.1 Å². The first-order chi connectivity index (χ1) is 11.9. The predicted molar refractivity (Wildman–Crippen MR) is 90.7 cm³/mol. The normalized spacial score (nSPS) is 23.1. The molecule has 0 bridgehead atoms. The maximum absolute atomic E-state index is 13.1. The van der Waals surface area contributed by atoms with Crippen LogP contribution in [0.1, 0.15) is 66.2 Å². The molecule has 1 N–H and O–H groups in total. The summed E-state index contributed by atoms with van der Waals surface area (Å²) in [5.41, 5.74) is -0.501. The van der Waals surface area contributed by atoms with Crippen molar-refractivity contribution in [1.29, 1.82) is 0 Å². The Labute approximate surface area is 145 Å². The first-order valence-electron chi connectivity index (χ1n) is 8.72. The van der Waals surface area contributed by atoms with Gasteiger partial charge in [-0.1, -0.05) is 6.92 Å². The summed E-state index contributed by atoms with van der Waals surface area (Å²) in [5.74, 6) is -0.903. The molecule has 1 aromatic carbocycles.